The molecule has 0 aliphatic heterocycles. The van der Waals surface area contributed by atoms with Gasteiger partial charge in [-0.1, -0.05) is 43.0 Å². The molecule has 0 spiro atoms. The highest BCUT2D eigenvalue weighted by Crippen LogP contribution is 2.42. The molecule has 0 atom stereocenters. The minimum absolute atomic E-state index is 0.149. The maximum Gasteiger partial charge on any atom is 0.155 e. The molecule has 1 heterocycles. The molecule has 1 fully saturated rings. The first kappa shape index (κ1) is 10.2. The zero-order valence-corrected chi connectivity index (χ0v) is 9.57. The second-order valence-electron chi connectivity index (χ2n) is 4.14. The van der Waals surface area contributed by atoms with Gasteiger partial charge in [0, 0.05) is 5.56 Å². The third-order valence-electron chi connectivity index (χ3n) is 3.08. The molecule has 1 aliphatic rings. The molecule has 0 saturated heterocycles. The summed E-state index contributed by atoms with van der Waals surface area (Å²) < 4.78 is 0. The van der Waals surface area contributed by atoms with Crippen molar-refractivity contribution >= 4 is 23.2 Å². The Morgan fingerprint density at radius 1 is 1.21 bits per heavy atom. The van der Waals surface area contributed by atoms with Crippen molar-refractivity contribution in [2.24, 2.45) is 0 Å². The lowest BCUT2D eigenvalue weighted by atomic mass is 9.82. The highest BCUT2D eigenvalue weighted by molar-refractivity contribution is 6.31. The molecule has 4 heteroatoms. The third-order valence-corrected chi connectivity index (χ3v) is 3.54. The molecular weight excluding hydrogens is 219 g/mol. The lowest BCUT2D eigenvalue weighted by molar-refractivity contribution is 0.488. The van der Waals surface area contributed by atoms with E-state index in [1.807, 2.05) is 6.07 Å². The van der Waals surface area contributed by atoms with Crippen LogP contribution in [0.3, 0.4) is 0 Å². The van der Waals surface area contributed by atoms with Crippen LogP contribution >= 0.6 is 23.2 Å². The van der Waals surface area contributed by atoms with Crippen LogP contribution in [0, 0.1) is 0 Å². The monoisotopic (exact) mass is 230 g/mol. The maximum atomic E-state index is 6.03. The molecule has 1 saturated carbocycles. The zero-order chi connectivity index (χ0) is 10.2. The molecule has 14 heavy (non-hydrogen) atoms. The van der Waals surface area contributed by atoms with Crippen molar-refractivity contribution in [3.8, 4) is 0 Å². The molecule has 1 aromatic heterocycles. The van der Waals surface area contributed by atoms with Crippen molar-refractivity contribution in [3.05, 3.63) is 21.9 Å². The van der Waals surface area contributed by atoms with Crippen LogP contribution in [-0.2, 0) is 5.41 Å². The predicted octanol–water partition coefficient (Wildman–Crippen LogP) is 3.62. The Bertz CT molecular complexity index is 346. The summed E-state index contributed by atoms with van der Waals surface area (Å²) in [5.41, 5.74) is 1.20. The second kappa shape index (κ2) is 3.67. The Labute approximate surface area is 93.6 Å². The van der Waals surface area contributed by atoms with Crippen molar-refractivity contribution in [3.63, 3.8) is 0 Å². The van der Waals surface area contributed by atoms with Crippen molar-refractivity contribution < 1.29 is 0 Å². The fraction of sp³-hybridized carbons (Fsp3) is 0.600. The first-order valence-corrected chi connectivity index (χ1v) is 5.57. The molecule has 1 aromatic rings. The molecular formula is C10H12Cl2N2. The topological polar surface area (TPSA) is 25.8 Å². The average Bonchev–Trinajstić information content (AvgIpc) is 2.58. The average molecular weight is 231 g/mol. The molecule has 0 N–H and O–H groups in total. The van der Waals surface area contributed by atoms with E-state index in [0.717, 1.165) is 18.4 Å². The zero-order valence-electron chi connectivity index (χ0n) is 8.06. The van der Waals surface area contributed by atoms with Crippen LogP contribution in [0.5, 0.6) is 0 Å². The molecule has 0 radical (unpaired) electrons. The van der Waals surface area contributed by atoms with Crippen LogP contribution in [-0.4, -0.2) is 10.2 Å². The van der Waals surface area contributed by atoms with Crippen LogP contribution in [0.4, 0.5) is 0 Å². The predicted molar refractivity (Wildman–Crippen MR) is 57.9 cm³/mol. The SMILES string of the molecule is CC1(c2cc(Cl)nnc2Cl)CCCC1. The van der Waals surface area contributed by atoms with Crippen LogP contribution in [0.2, 0.25) is 10.3 Å². The normalized spacial score (nSPS) is 19.9. The van der Waals surface area contributed by atoms with Crippen molar-refractivity contribution in [1.29, 1.82) is 0 Å². The standard InChI is InChI=1S/C10H12Cl2N2/c1-10(4-2-3-5-10)7-6-8(11)13-14-9(7)12/h6H,2-5H2,1H3. The Morgan fingerprint density at radius 2 is 1.86 bits per heavy atom. The summed E-state index contributed by atoms with van der Waals surface area (Å²) in [6.45, 7) is 2.22. The van der Waals surface area contributed by atoms with Gasteiger partial charge in [0.25, 0.3) is 0 Å². The number of halogens is 2. The first-order chi connectivity index (χ1) is 6.62. The van der Waals surface area contributed by atoms with Gasteiger partial charge in [-0.05, 0) is 24.3 Å². The highest BCUT2D eigenvalue weighted by atomic mass is 35.5. The van der Waals surface area contributed by atoms with Crippen molar-refractivity contribution in [1.82, 2.24) is 10.2 Å². The first-order valence-electron chi connectivity index (χ1n) is 4.81. The fourth-order valence-electron chi connectivity index (χ4n) is 2.20. The van der Waals surface area contributed by atoms with Gasteiger partial charge in [0.05, 0.1) is 0 Å². The van der Waals surface area contributed by atoms with E-state index in [1.165, 1.54) is 12.8 Å². The largest absolute Gasteiger partial charge is 0.155 e. The molecule has 0 bridgehead atoms. The molecule has 0 aromatic carbocycles. The van der Waals surface area contributed by atoms with E-state index in [-0.39, 0.29) is 5.41 Å². The van der Waals surface area contributed by atoms with Crippen molar-refractivity contribution in [2.75, 3.05) is 0 Å². The number of hydrogen-bond acceptors (Lipinski definition) is 2. The Hall–Kier alpha value is -0.340. The van der Waals surface area contributed by atoms with Crippen LogP contribution < -0.4 is 0 Å². The molecule has 0 unspecified atom stereocenters. The van der Waals surface area contributed by atoms with E-state index in [4.69, 9.17) is 23.2 Å². The summed E-state index contributed by atoms with van der Waals surface area (Å²) in [6.07, 6.45) is 4.84. The van der Waals surface area contributed by atoms with Crippen LogP contribution in [0.15, 0.2) is 6.07 Å². The van der Waals surface area contributed by atoms with Gasteiger partial charge in [-0.25, -0.2) is 0 Å². The lowest BCUT2D eigenvalue weighted by Crippen LogP contribution is -2.18. The third kappa shape index (κ3) is 1.73. The van der Waals surface area contributed by atoms with Gasteiger partial charge in [0.15, 0.2) is 10.3 Å². The molecule has 2 nitrogen and oxygen atoms in total. The quantitative estimate of drug-likeness (QED) is 0.737. The summed E-state index contributed by atoms with van der Waals surface area (Å²) >= 11 is 11.9. The van der Waals surface area contributed by atoms with Gasteiger partial charge in [-0.3, -0.25) is 0 Å². The number of hydrogen-bond donors (Lipinski definition) is 0. The van der Waals surface area contributed by atoms with Crippen molar-refractivity contribution in [2.45, 2.75) is 38.0 Å². The van der Waals surface area contributed by atoms with E-state index >= 15 is 0 Å². The van der Waals surface area contributed by atoms with E-state index in [0.29, 0.717) is 10.3 Å². The minimum atomic E-state index is 0.149. The Balaban J connectivity index is 2.44. The molecule has 1 aliphatic carbocycles. The Morgan fingerprint density at radius 3 is 2.50 bits per heavy atom. The smallest absolute Gasteiger partial charge is 0.137 e. The van der Waals surface area contributed by atoms with Crippen LogP contribution in [0.1, 0.15) is 38.2 Å². The summed E-state index contributed by atoms with van der Waals surface area (Å²) in [7, 11) is 0. The number of aromatic nitrogens is 2. The van der Waals surface area contributed by atoms with Gasteiger partial charge in [-0.2, -0.15) is 0 Å². The summed E-state index contributed by atoms with van der Waals surface area (Å²) in [6, 6.07) is 1.85. The van der Waals surface area contributed by atoms with Gasteiger partial charge in [0.1, 0.15) is 0 Å². The summed E-state index contributed by atoms with van der Waals surface area (Å²) in [5, 5.41) is 8.50. The van der Waals surface area contributed by atoms with Gasteiger partial charge in [0.2, 0.25) is 0 Å². The Kier molecular flexibility index (Phi) is 2.67. The second-order valence-corrected chi connectivity index (χ2v) is 4.88. The lowest BCUT2D eigenvalue weighted by Gasteiger charge is -2.24. The van der Waals surface area contributed by atoms with Gasteiger partial charge in [-0.15, -0.1) is 10.2 Å². The van der Waals surface area contributed by atoms with E-state index < -0.39 is 0 Å². The maximum absolute atomic E-state index is 6.03. The summed E-state index contributed by atoms with van der Waals surface area (Å²) in [5.74, 6) is 0. The van der Waals surface area contributed by atoms with Crippen LogP contribution in [0.25, 0.3) is 0 Å². The van der Waals surface area contributed by atoms with E-state index in [2.05, 4.69) is 17.1 Å². The number of nitrogens with zero attached hydrogens (tertiary/aromatic N) is 2. The molecule has 2 rings (SSSR count). The fourth-order valence-corrected chi connectivity index (χ4v) is 2.67. The minimum Gasteiger partial charge on any atom is -0.137 e. The summed E-state index contributed by atoms with van der Waals surface area (Å²) in [4.78, 5) is 0. The number of rotatable bonds is 1. The molecule has 76 valence electrons. The van der Waals surface area contributed by atoms with Gasteiger partial charge < -0.3 is 0 Å². The highest BCUT2D eigenvalue weighted by Gasteiger charge is 2.33. The van der Waals surface area contributed by atoms with E-state index in [1.54, 1.807) is 0 Å². The van der Waals surface area contributed by atoms with Gasteiger partial charge >= 0.3 is 0 Å². The van der Waals surface area contributed by atoms with E-state index in [9.17, 15) is 0 Å². The molecule has 0 amide bonds.